The zero-order chi connectivity index (χ0) is 14.0. The van der Waals surface area contributed by atoms with Crippen LogP contribution in [-0.2, 0) is 0 Å². The molecule has 0 aliphatic heterocycles. The number of anilines is 1. The van der Waals surface area contributed by atoms with Crippen molar-refractivity contribution in [1.82, 2.24) is 0 Å². The summed E-state index contributed by atoms with van der Waals surface area (Å²) in [7, 11) is 0. The number of primary amides is 1. The van der Waals surface area contributed by atoms with Crippen molar-refractivity contribution < 1.29 is 9.53 Å². The standard InChI is InChI=1S/C13H10BrClN2O2/c14-7-4-5-9(15)11(6-7)19-12-8(13(17)18)2-1-3-10(12)16/h1-6H,16H2,(H2,17,18). The second-order valence-corrected chi connectivity index (χ2v) is 5.09. The molecule has 0 bridgehead atoms. The topological polar surface area (TPSA) is 78.3 Å². The third kappa shape index (κ3) is 3.00. The quantitative estimate of drug-likeness (QED) is 0.838. The highest BCUT2D eigenvalue weighted by molar-refractivity contribution is 9.10. The van der Waals surface area contributed by atoms with E-state index in [1.165, 1.54) is 0 Å². The van der Waals surface area contributed by atoms with Crippen LogP contribution in [0, 0.1) is 0 Å². The van der Waals surface area contributed by atoms with Crippen LogP contribution in [0.4, 0.5) is 5.69 Å². The van der Waals surface area contributed by atoms with Gasteiger partial charge in [0.25, 0.3) is 5.91 Å². The number of halogens is 2. The first-order valence-corrected chi connectivity index (χ1v) is 6.47. The van der Waals surface area contributed by atoms with Gasteiger partial charge in [-0.05, 0) is 30.3 Å². The summed E-state index contributed by atoms with van der Waals surface area (Å²) >= 11 is 9.34. The number of benzene rings is 2. The van der Waals surface area contributed by atoms with E-state index in [4.69, 9.17) is 27.8 Å². The summed E-state index contributed by atoms with van der Waals surface area (Å²) in [5.41, 5.74) is 11.6. The van der Waals surface area contributed by atoms with E-state index >= 15 is 0 Å². The van der Waals surface area contributed by atoms with Gasteiger partial charge in [0.05, 0.1) is 16.3 Å². The highest BCUT2D eigenvalue weighted by Crippen LogP contribution is 2.36. The molecule has 0 atom stereocenters. The Kier molecular flexibility index (Phi) is 3.97. The summed E-state index contributed by atoms with van der Waals surface area (Å²) in [6.07, 6.45) is 0. The van der Waals surface area contributed by atoms with Gasteiger partial charge in [0.1, 0.15) is 5.75 Å². The number of ether oxygens (including phenoxy) is 1. The molecule has 0 aliphatic carbocycles. The molecule has 19 heavy (non-hydrogen) atoms. The summed E-state index contributed by atoms with van der Waals surface area (Å²) in [5.74, 6) is -0.0279. The molecule has 0 fully saturated rings. The SMILES string of the molecule is NC(=O)c1cccc(N)c1Oc1cc(Br)ccc1Cl. The molecule has 1 amide bonds. The fourth-order valence-corrected chi connectivity index (χ4v) is 2.02. The number of para-hydroxylation sites is 1. The Morgan fingerprint density at radius 1 is 1.26 bits per heavy atom. The molecule has 0 aliphatic rings. The van der Waals surface area contributed by atoms with Crippen LogP contribution in [0.3, 0.4) is 0 Å². The van der Waals surface area contributed by atoms with E-state index in [1.807, 2.05) is 0 Å². The average molecular weight is 342 g/mol. The van der Waals surface area contributed by atoms with Gasteiger partial charge in [-0.25, -0.2) is 0 Å². The molecular weight excluding hydrogens is 332 g/mol. The van der Waals surface area contributed by atoms with Crippen molar-refractivity contribution >= 4 is 39.1 Å². The van der Waals surface area contributed by atoms with E-state index in [1.54, 1.807) is 36.4 Å². The third-order valence-electron chi connectivity index (χ3n) is 2.42. The van der Waals surface area contributed by atoms with Gasteiger partial charge in [-0.3, -0.25) is 4.79 Å². The van der Waals surface area contributed by atoms with Crippen molar-refractivity contribution in [3.8, 4) is 11.5 Å². The van der Waals surface area contributed by atoms with Gasteiger partial charge in [0.15, 0.2) is 5.75 Å². The maximum absolute atomic E-state index is 11.4. The molecule has 6 heteroatoms. The number of rotatable bonds is 3. The molecule has 4 N–H and O–H groups in total. The lowest BCUT2D eigenvalue weighted by molar-refractivity contribution is 0.0998. The van der Waals surface area contributed by atoms with E-state index in [0.717, 1.165) is 4.47 Å². The monoisotopic (exact) mass is 340 g/mol. The van der Waals surface area contributed by atoms with Crippen molar-refractivity contribution in [3.05, 3.63) is 51.5 Å². The number of nitrogen functional groups attached to an aromatic ring is 1. The molecule has 0 aromatic heterocycles. The Morgan fingerprint density at radius 2 is 2.00 bits per heavy atom. The van der Waals surface area contributed by atoms with E-state index in [2.05, 4.69) is 15.9 Å². The Balaban J connectivity index is 2.49. The Hall–Kier alpha value is -1.72. The van der Waals surface area contributed by atoms with Gasteiger partial charge < -0.3 is 16.2 Å². The summed E-state index contributed by atoms with van der Waals surface area (Å²) in [4.78, 5) is 11.4. The number of carbonyl (C=O) groups is 1. The average Bonchev–Trinajstić information content (AvgIpc) is 2.35. The highest BCUT2D eigenvalue weighted by Gasteiger charge is 2.14. The van der Waals surface area contributed by atoms with Crippen LogP contribution in [-0.4, -0.2) is 5.91 Å². The third-order valence-corrected chi connectivity index (χ3v) is 3.22. The van der Waals surface area contributed by atoms with Crippen molar-refractivity contribution in [2.24, 2.45) is 5.73 Å². The van der Waals surface area contributed by atoms with Crippen LogP contribution in [0.5, 0.6) is 11.5 Å². The number of hydrogen-bond acceptors (Lipinski definition) is 3. The van der Waals surface area contributed by atoms with Gasteiger partial charge in [-0.1, -0.05) is 33.6 Å². The van der Waals surface area contributed by atoms with Crippen molar-refractivity contribution in [1.29, 1.82) is 0 Å². The minimum atomic E-state index is -0.617. The smallest absolute Gasteiger partial charge is 0.252 e. The Bertz CT molecular complexity index is 647. The summed E-state index contributed by atoms with van der Waals surface area (Å²) in [6.45, 7) is 0. The molecule has 0 unspecified atom stereocenters. The molecule has 2 aromatic carbocycles. The minimum absolute atomic E-state index is 0.204. The number of carbonyl (C=O) groups excluding carboxylic acids is 1. The normalized spacial score (nSPS) is 10.2. The van der Waals surface area contributed by atoms with Crippen LogP contribution in [0.2, 0.25) is 5.02 Å². The molecule has 0 heterocycles. The summed E-state index contributed by atoms with van der Waals surface area (Å²) < 4.78 is 6.42. The molecule has 2 aromatic rings. The number of nitrogens with two attached hydrogens (primary N) is 2. The number of hydrogen-bond donors (Lipinski definition) is 2. The largest absolute Gasteiger partial charge is 0.453 e. The van der Waals surface area contributed by atoms with Gasteiger partial charge >= 0.3 is 0 Å². The van der Waals surface area contributed by atoms with Crippen LogP contribution in [0.25, 0.3) is 0 Å². The second kappa shape index (κ2) is 5.50. The van der Waals surface area contributed by atoms with Gasteiger partial charge in [0, 0.05) is 4.47 Å². The van der Waals surface area contributed by atoms with E-state index < -0.39 is 5.91 Å². The van der Waals surface area contributed by atoms with Gasteiger partial charge in [0.2, 0.25) is 0 Å². The molecule has 2 rings (SSSR count). The summed E-state index contributed by atoms with van der Waals surface area (Å²) in [5, 5.41) is 0.405. The van der Waals surface area contributed by atoms with E-state index in [9.17, 15) is 4.79 Å². The van der Waals surface area contributed by atoms with Crippen molar-refractivity contribution in [3.63, 3.8) is 0 Å². The van der Waals surface area contributed by atoms with Gasteiger partial charge in [-0.2, -0.15) is 0 Å². The van der Waals surface area contributed by atoms with Crippen molar-refractivity contribution in [2.45, 2.75) is 0 Å². The maximum atomic E-state index is 11.4. The predicted molar refractivity (Wildman–Crippen MR) is 78.6 cm³/mol. The highest BCUT2D eigenvalue weighted by atomic mass is 79.9. The first kappa shape index (κ1) is 13.7. The van der Waals surface area contributed by atoms with Crippen LogP contribution < -0.4 is 16.2 Å². The van der Waals surface area contributed by atoms with Crippen LogP contribution in [0.1, 0.15) is 10.4 Å². The number of amides is 1. The summed E-state index contributed by atoms with van der Waals surface area (Å²) in [6, 6.07) is 9.92. The molecule has 98 valence electrons. The van der Waals surface area contributed by atoms with E-state index in [0.29, 0.717) is 16.5 Å². The molecule has 0 saturated carbocycles. The molecular formula is C13H10BrClN2O2. The molecule has 0 spiro atoms. The fourth-order valence-electron chi connectivity index (χ4n) is 1.53. The Labute approximate surface area is 123 Å². The first-order valence-electron chi connectivity index (χ1n) is 5.30. The van der Waals surface area contributed by atoms with Crippen LogP contribution >= 0.6 is 27.5 Å². The molecule has 0 radical (unpaired) electrons. The maximum Gasteiger partial charge on any atom is 0.252 e. The zero-order valence-corrected chi connectivity index (χ0v) is 12.0. The minimum Gasteiger partial charge on any atom is -0.453 e. The first-order chi connectivity index (χ1) is 8.99. The lowest BCUT2D eigenvalue weighted by Crippen LogP contribution is -2.13. The van der Waals surface area contributed by atoms with Crippen LogP contribution in [0.15, 0.2) is 40.9 Å². The predicted octanol–water partition coefficient (Wildman–Crippen LogP) is 3.58. The van der Waals surface area contributed by atoms with Gasteiger partial charge in [-0.15, -0.1) is 0 Å². The fraction of sp³-hybridized carbons (Fsp3) is 0. The van der Waals surface area contributed by atoms with Crippen molar-refractivity contribution in [2.75, 3.05) is 5.73 Å². The molecule has 4 nitrogen and oxygen atoms in total. The molecule has 0 saturated heterocycles. The zero-order valence-electron chi connectivity index (χ0n) is 9.69. The second-order valence-electron chi connectivity index (χ2n) is 3.76. The lowest BCUT2D eigenvalue weighted by atomic mass is 10.1. The Morgan fingerprint density at radius 3 is 2.68 bits per heavy atom. The lowest BCUT2D eigenvalue weighted by Gasteiger charge is -2.13. The van der Waals surface area contributed by atoms with E-state index in [-0.39, 0.29) is 11.3 Å².